The normalized spacial score (nSPS) is 31.0. The van der Waals surface area contributed by atoms with E-state index in [1.165, 1.54) is 0 Å². The third kappa shape index (κ3) is 14.4. The first kappa shape index (κ1) is 52.0. The van der Waals surface area contributed by atoms with E-state index in [9.17, 15) is 44.4 Å². The Kier molecular flexibility index (Phi) is 18.2. The number of amides is 2. The number of carbonyl (C=O) groups is 5. The van der Waals surface area contributed by atoms with Crippen molar-refractivity contribution < 1.29 is 82.3 Å². The molecule has 63 heavy (non-hydrogen) atoms. The number of carbonyl (C=O) groups excluding carboxylic acids is 5. The van der Waals surface area contributed by atoms with Gasteiger partial charge < -0.3 is 63.6 Å². The maximum absolute atomic E-state index is 12.5. The third-order valence-electron chi connectivity index (χ3n) is 11.2. The Morgan fingerprint density at radius 3 is 1.40 bits per heavy atom. The summed E-state index contributed by atoms with van der Waals surface area (Å²) in [6.07, 6.45) is -0.494. The molecule has 0 aromatic rings. The van der Waals surface area contributed by atoms with Crippen LogP contribution in [0.2, 0.25) is 0 Å². The molecule has 0 spiro atoms. The summed E-state index contributed by atoms with van der Waals surface area (Å²) in [7, 11) is 0. The van der Waals surface area contributed by atoms with Crippen molar-refractivity contribution in [2.24, 2.45) is 0 Å². The predicted octanol–water partition coefficient (Wildman–Crippen LogP) is 1.51. The molecule has 360 valence electrons. The Morgan fingerprint density at radius 2 is 1.00 bits per heavy atom. The zero-order valence-electron chi connectivity index (χ0n) is 38.3. The molecule has 20 nitrogen and oxygen atoms in total. The van der Waals surface area contributed by atoms with Crippen LogP contribution in [0.3, 0.4) is 0 Å². The Morgan fingerprint density at radius 1 is 0.635 bits per heavy atom. The minimum absolute atomic E-state index is 0.0166. The molecule has 8 atom stereocenters. The van der Waals surface area contributed by atoms with Crippen molar-refractivity contribution in [3.05, 3.63) is 11.6 Å². The van der Waals surface area contributed by atoms with Gasteiger partial charge in [-0.05, 0) is 88.0 Å². The Hall–Kier alpha value is -3.63. The van der Waals surface area contributed by atoms with Gasteiger partial charge in [0.2, 0.25) is 0 Å². The summed E-state index contributed by atoms with van der Waals surface area (Å²) in [5, 5.41) is 44.6. The van der Waals surface area contributed by atoms with Crippen molar-refractivity contribution in [1.82, 2.24) is 15.1 Å². The van der Waals surface area contributed by atoms with Crippen molar-refractivity contribution in [3.8, 4) is 0 Å². The predicted molar refractivity (Wildman–Crippen MR) is 222 cm³/mol. The smallest absolute Gasteiger partial charge is 0.410 e. The van der Waals surface area contributed by atoms with E-state index in [1.807, 2.05) is 20.8 Å². The molecule has 0 aliphatic carbocycles. The number of aliphatic hydroxyl groups excluding tert-OH is 2. The number of piperidine rings is 3. The van der Waals surface area contributed by atoms with Gasteiger partial charge in [0.1, 0.15) is 22.4 Å². The monoisotopic (exact) mass is 901 g/mol. The molecule has 6 saturated heterocycles. The molecular weight excluding hydrogens is 830 g/mol. The quantitative estimate of drug-likeness (QED) is 0.131. The van der Waals surface area contributed by atoms with Crippen LogP contribution in [0.5, 0.6) is 0 Å². The van der Waals surface area contributed by atoms with Crippen LogP contribution in [-0.2, 0) is 52.3 Å². The number of aliphatic hydroxyl groups is 4. The molecular formula is C43H71N3O17. The first-order valence-electron chi connectivity index (χ1n) is 21.9. The van der Waals surface area contributed by atoms with Crippen molar-refractivity contribution in [1.29, 1.82) is 0 Å². The molecule has 6 fully saturated rings. The highest BCUT2D eigenvalue weighted by Gasteiger charge is 2.54. The van der Waals surface area contributed by atoms with E-state index in [2.05, 4.69) is 5.32 Å². The summed E-state index contributed by atoms with van der Waals surface area (Å²) in [6, 6.07) is -1.14. The molecule has 0 radical (unpaired) electrons. The fourth-order valence-electron chi connectivity index (χ4n) is 8.79. The van der Waals surface area contributed by atoms with Gasteiger partial charge in [-0.15, -0.1) is 0 Å². The van der Waals surface area contributed by atoms with Crippen LogP contribution in [-0.4, -0.2) is 191 Å². The van der Waals surface area contributed by atoms with Gasteiger partial charge in [-0.25, -0.2) is 24.0 Å². The molecule has 6 aliphatic rings. The van der Waals surface area contributed by atoms with Crippen LogP contribution >= 0.6 is 0 Å². The Bertz CT molecular complexity index is 1570. The van der Waals surface area contributed by atoms with Gasteiger partial charge in [0.25, 0.3) is 0 Å². The SMILES string of the molecule is CCOC(=O)C(O)C1(O)CC2COCC(C1)N2.CCOC(=O)C(O)C1(O)CC2COCC(C1)N2C(=O)OC(C)(C)C.CCOC(=O)C=C1CC2COCC(C1)N2C(=O)OC(C)(C)C. The molecule has 6 heterocycles. The molecule has 6 rings (SSSR count). The van der Waals surface area contributed by atoms with E-state index in [0.717, 1.165) is 5.57 Å². The van der Waals surface area contributed by atoms with Crippen LogP contribution in [0.15, 0.2) is 11.6 Å². The summed E-state index contributed by atoms with van der Waals surface area (Å²) < 4.78 is 41.8. The molecule has 6 bridgehead atoms. The third-order valence-corrected chi connectivity index (χ3v) is 11.2. The van der Waals surface area contributed by atoms with Crippen LogP contribution in [0.1, 0.15) is 101 Å². The largest absolute Gasteiger partial charge is 0.464 e. The van der Waals surface area contributed by atoms with E-state index in [0.29, 0.717) is 58.7 Å². The first-order chi connectivity index (χ1) is 29.4. The first-order valence-corrected chi connectivity index (χ1v) is 21.9. The molecule has 5 N–H and O–H groups in total. The standard InChI is InChI=1S/C16H27NO7.C16H25NO5.C11H19NO5/c1-5-23-13(19)12(18)16(21)6-10-8-22-9-11(7-16)17(10)14(20)24-15(2,3)4;1-5-21-14(18)8-11-6-12-9-20-10-13(7-11)17(12)15(19)22-16(2,3)4;1-2-17-10(14)9(13)11(15)3-7-5-16-6-8(4-11)12-7/h10-12,18,21H,5-9H2,1-4H3;8,12-13H,5-7,9-10H2,1-4H3;7-9,12-13,15H,2-6H2,1H3. The number of nitrogens with zero attached hydrogens (tertiary/aromatic N) is 2. The average molecular weight is 902 g/mol. The van der Waals surface area contributed by atoms with Gasteiger partial charge in [0, 0.05) is 31.0 Å². The molecule has 0 aromatic carbocycles. The van der Waals surface area contributed by atoms with Crippen LogP contribution in [0.25, 0.3) is 0 Å². The number of ether oxygens (including phenoxy) is 8. The zero-order chi connectivity index (χ0) is 46.9. The molecule has 20 heteroatoms. The Labute approximate surface area is 369 Å². The lowest BCUT2D eigenvalue weighted by molar-refractivity contribution is -0.193. The molecule has 6 aliphatic heterocycles. The highest BCUT2D eigenvalue weighted by molar-refractivity contribution is 5.83. The van der Waals surface area contributed by atoms with E-state index in [1.54, 1.807) is 57.4 Å². The topological polar surface area (TPSA) is 259 Å². The zero-order valence-corrected chi connectivity index (χ0v) is 38.3. The van der Waals surface area contributed by atoms with E-state index < -0.39 is 64.7 Å². The second-order valence-electron chi connectivity index (χ2n) is 18.9. The van der Waals surface area contributed by atoms with Crippen molar-refractivity contribution in [2.75, 3.05) is 59.5 Å². The number of hydrogen-bond acceptors (Lipinski definition) is 18. The minimum Gasteiger partial charge on any atom is -0.464 e. The van der Waals surface area contributed by atoms with Crippen LogP contribution in [0, 0.1) is 0 Å². The van der Waals surface area contributed by atoms with Crippen LogP contribution < -0.4 is 5.32 Å². The lowest BCUT2D eigenvalue weighted by Crippen LogP contribution is -2.67. The van der Waals surface area contributed by atoms with Gasteiger partial charge in [0.15, 0.2) is 12.2 Å². The van der Waals surface area contributed by atoms with E-state index >= 15 is 0 Å². The summed E-state index contributed by atoms with van der Waals surface area (Å²) in [5.74, 6) is -1.93. The average Bonchev–Trinajstić information content (AvgIpc) is 3.16. The Balaban J connectivity index is 0.000000210. The maximum Gasteiger partial charge on any atom is 0.410 e. The summed E-state index contributed by atoms with van der Waals surface area (Å²) in [4.78, 5) is 63.1. The fraction of sp³-hybridized carbons (Fsp3) is 0.837. The highest BCUT2D eigenvalue weighted by atomic mass is 16.6. The highest BCUT2D eigenvalue weighted by Crippen LogP contribution is 2.38. The molecule has 0 saturated carbocycles. The van der Waals surface area contributed by atoms with Gasteiger partial charge in [-0.3, -0.25) is 9.80 Å². The van der Waals surface area contributed by atoms with Gasteiger partial charge in [-0.2, -0.15) is 0 Å². The van der Waals surface area contributed by atoms with Crippen LogP contribution in [0.4, 0.5) is 9.59 Å². The number of esters is 3. The lowest BCUT2D eigenvalue weighted by atomic mass is 9.78. The number of nitrogens with one attached hydrogen (secondary N) is 1. The number of hydrogen-bond donors (Lipinski definition) is 5. The summed E-state index contributed by atoms with van der Waals surface area (Å²) in [5.41, 5.74) is -3.20. The number of morpholine rings is 3. The molecule has 8 unspecified atom stereocenters. The van der Waals surface area contributed by atoms with Crippen molar-refractivity contribution in [3.63, 3.8) is 0 Å². The number of fused-ring (bicyclic) bond motifs is 6. The number of rotatable bonds is 8. The van der Waals surface area contributed by atoms with Gasteiger partial charge >= 0.3 is 30.1 Å². The van der Waals surface area contributed by atoms with Gasteiger partial charge in [-0.1, -0.05) is 5.57 Å². The van der Waals surface area contributed by atoms with Crippen molar-refractivity contribution >= 4 is 30.1 Å². The summed E-state index contributed by atoms with van der Waals surface area (Å²) >= 11 is 0. The molecule has 0 aromatic heterocycles. The maximum atomic E-state index is 12.5. The minimum atomic E-state index is -1.65. The van der Waals surface area contributed by atoms with E-state index in [-0.39, 0.29) is 75.5 Å². The van der Waals surface area contributed by atoms with Gasteiger partial charge in [0.05, 0.1) is 83.6 Å². The summed E-state index contributed by atoms with van der Waals surface area (Å²) in [6.45, 7) is 19.0. The lowest BCUT2D eigenvalue weighted by Gasteiger charge is -2.51. The second-order valence-corrected chi connectivity index (χ2v) is 18.9. The fourth-order valence-corrected chi connectivity index (χ4v) is 8.79. The molecule has 2 amide bonds. The second kappa shape index (κ2) is 22.0. The van der Waals surface area contributed by atoms with E-state index in [4.69, 9.17) is 37.9 Å². The van der Waals surface area contributed by atoms with Crippen molar-refractivity contribution in [2.45, 2.75) is 172 Å².